The SMILES string of the molecule is CC(=O)Nc1cccc(NC(=O)c2ccc(COc3cccc(Br)c3)o2)c1. The lowest BCUT2D eigenvalue weighted by Crippen LogP contribution is -2.11. The van der Waals surface area contributed by atoms with E-state index in [-0.39, 0.29) is 24.2 Å². The summed E-state index contributed by atoms with van der Waals surface area (Å²) >= 11 is 3.38. The summed E-state index contributed by atoms with van der Waals surface area (Å²) in [5, 5.41) is 5.40. The second-order valence-electron chi connectivity index (χ2n) is 5.73. The molecule has 0 saturated heterocycles. The lowest BCUT2D eigenvalue weighted by atomic mass is 10.2. The lowest BCUT2D eigenvalue weighted by molar-refractivity contribution is -0.114. The summed E-state index contributed by atoms with van der Waals surface area (Å²) in [5.74, 6) is 0.838. The summed E-state index contributed by atoms with van der Waals surface area (Å²) in [6.07, 6.45) is 0. The van der Waals surface area contributed by atoms with Gasteiger partial charge in [0.25, 0.3) is 5.91 Å². The first-order valence-electron chi connectivity index (χ1n) is 8.16. The molecule has 6 nitrogen and oxygen atoms in total. The predicted octanol–water partition coefficient (Wildman–Crippen LogP) is 4.83. The first-order chi connectivity index (χ1) is 13.0. The van der Waals surface area contributed by atoms with E-state index in [2.05, 4.69) is 26.6 Å². The molecule has 7 heteroatoms. The van der Waals surface area contributed by atoms with Gasteiger partial charge in [0.1, 0.15) is 18.1 Å². The Morgan fingerprint density at radius 3 is 2.48 bits per heavy atom. The summed E-state index contributed by atoms with van der Waals surface area (Å²) in [4.78, 5) is 23.5. The van der Waals surface area contributed by atoms with Crippen LogP contribution in [-0.4, -0.2) is 11.8 Å². The van der Waals surface area contributed by atoms with Gasteiger partial charge in [-0.1, -0.05) is 28.1 Å². The number of carbonyl (C=O) groups is 2. The van der Waals surface area contributed by atoms with Crippen molar-refractivity contribution in [3.63, 3.8) is 0 Å². The van der Waals surface area contributed by atoms with Gasteiger partial charge in [0.15, 0.2) is 5.76 Å². The van der Waals surface area contributed by atoms with E-state index in [0.29, 0.717) is 22.9 Å². The fraction of sp³-hybridized carbons (Fsp3) is 0.100. The average molecular weight is 429 g/mol. The van der Waals surface area contributed by atoms with Gasteiger partial charge in [-0.3, -0.25) is 9.59 Å². The Morgan fingerprint density at radius 1 is 1.00 bits per heavy atom. The molecule has 27 heavy (non-hydrogen) atoms. The van der Waals surface area contributed by atoms with Crippen molar-refractivity contribution in [1.82, 2.24) is 0 Å². The Balaban J connectivity index is 1.60. The van der Waals surface area contributed by atoms with E-state index >= 15 is 0 Å². The monoisotopic (exact) mass is 428 g/mol. The first kappa shape index (κ1) is 18.7. The minimum absolute atomic E-state index is 0.174. The molecule has 0 radical (unpaired) electrons. The number of halogens is 1. The summed E-state index contributed by atoms with van der Waals surface area (Å²) in [7, 11) is 0. The largest absolute Gasteiger partial charge is 0.486 e. The molecule has 2 N–H and O–H groups in total. The van der Waals surface area contributed by atoms with Crippen molar-refractivity contribution in [3.8, 4) is 5.75 Å². The van der Waals surface area contributed by atoms with Crippen molar-refractivity contribution >= 4 is 39.1 Å². The van der Waals surface area contributed by atoms with Crippen molar-refractivity contribution in [2.24, 2.45) is 0 Å². The van der Waals surface area contributed by atoms with Gasteiger partial charge in [0, 0.05) is 22.8 Å². The molecule has 3 rings (SSSR count). The number of nitrogens with one attached hydrogen (secondary N) is 2. The zero-order valence-electron chi connectivity index (χ0n) is 14.5. The van der Waals surface area contributed by atoms with Crippen LogP contribution < -0.4 is 15.4 Å². The van der Waals surface area contributed by atoms with Gasteiger partial charge in [-0.05, 0) is 48.5 Å². The third-order valence-corrected chi connectivity index (χ3v) is 4.00. The molecule has 0 unspecified atom stereocenters. The molecule has 1 aromatic heterocycles. The standard InChI is InChI=1S/C20H17BrN2O4/c1-13(24)22-15-5-3-6-16(11-15)23-20(25)19-9-8-18(27-19)12-26-17-7-2-4-14(21)10-17/h2-11H,12H2,1H3,(H,22,24)(H,23,25). The summed E-state index contributed by atoms with van der Waals surface area (Å²) < 4.78 is 12.1. The van der Waals surface area contributed by atoms with E-state index in [1.54, 1.807) is 36.4 Å². The molecule has 3 aromatic rings. The van der Waals surface area contributed by atoms with Gasteiger partial charge in [-0.25, -0.2) is 0 Å². The van der Waals surface area contributed by atoms with E-state index in [1.807, 2.05) is 24.3 Å². The highest BCUT2D eigenvalue weighted by atomic mass is 79.9. The van der Waals surface area contributed by atoms with Crippen LogP contribution >= 0.6 is 15.9 Å². The minimum Gasteiger partial charge on any atom is -0.486 e. The van der Waals surface area contributed by atoms with E-state index in [9.17, 15) is 9.59 Å². The molecule has 138 valence electrons. The number of anilines is 2. The molecule has 0 spiro atoms. The number of carbonyl (C=O) groups excluding carboxylic acids is 2. The van der Waals surface area contributed by atoms with Gasteiger partial charge in [0.05, 0.1) is 0 Å². The number of furan rings is 1. The molecule has 0 saturated carbocycles. The van der Waals surface area contributed by atoms with E-state index in [0.717, 1.165) is 4.47 Å². The van der Waals surface area contributed by atoms with Crippen molar-refractivity contribution in [2.75, 3.05) is 10.6 Å². The van der Waals surface area contributed by atoms with Crippen LogP contribution in [0.5, 0.6) is 5.75 Å². The Kier molecular flexibility index (Phi) is 5.93. The Labute approximate surface area is 164 Å². The fourth-order valence-corrected chi connectivity index (χ4v) is 2.74. The van der Waals surface area contributed by atoms with Crippen LogP contribution in [0.4, 0.5) is 11.4 Å². The molecular weight excluding hydrogens is 412 g/mol. The summed E-state index contributed by atoms with van der Waals surface area (Å²) in [5.41, 5.74) is 1.15. The van der Waals surface area contributed by atoms with Crippen LogP contribution in [0.2, 0.25) is 0 Å². The minimum atomic E-state index is -0.385. The molecule has 0 bridgehead atoms. The molecule has 0 aliphatic heterocycles. The molecule has 0 aliphatic rings. The first-order valence-corrected chi connectivity index (χ1v) is 8.95. The highest BCUT2D eigenvalue weighted by Crippen LogP contribution is 2.20. The van der Waals surface area contributed by atoms with Gasteiger partial charge in [-0.2, -0.15) is 0 Å². The second-order valence-corrected chi connectivity index (χ2v) is 6.64. The zero-order chi connectivity index (χ0) is 19.2. The van der Waals surface area contributed by atoms with E-state index < -0.39 is 0 Å². The van der Waals surface area contributed by atoms with Crippen molar-refractivity contribution in [1.29, 1.82) is 0 Å². The maximum Gasteiger partial charge on any atom is 0.291 e. The molecule has 2 aromatic carbocycles. The van der Waals surface area contributed by atoms with Crippen molar-refractivity contribution in [3.05, 3.63) is 76.7 Å². The Morgan fingerprint density at radius 2 is 1.74 bits per heavy atom. The maximum atomic E-state index is 12.3. The Bertz CT molecular complexity index is 968. The highest BCUT2D eigenvalue weighted by molar-refractivity contribution is 9.10. The van der Waals surface area contributed by atoms with Gasteiger partial charge in [0.2, 0.25) is 5.91 Å². The maximum absolute atomic E-state index is 12.3. The number of amides is 2. The topological polar surface area (TPSA) is 80.6 Å². The number of benzene rings is 2. The number of rotatable bonds is 6. The number of hydrogen-bond donors (Lipinski definition) is 2. The third kappa shape index (κ3) is 5.46. The van der Waals surface area contributed by atoms with E-state index in [4.69, 9.17) is 9.15 Å². The van der Waals surface area contributed by atoms with Crippen LogP contribution in [-0.2, 0) is 11.4 Å². The van der Waals surface area contributed by atoms with Crippen molar-refractivity contribution in [2.45, 2.75) is 13.5 Å². The van der Waals surface area contributed by atoms with Crippen LogP contribution in [0.25, 0.3) is 0 Å². The predicted molar refractivity (Wildman–Crippen MR) is 106 cm³/mol. The quantitative estimate of drug-likeness (QED) is 0.588. The van der Waals surface area contributed by atoms with Gasteiger partial charge >= 0.3 is 0 Å². The zero-order valence-corrected chi connectivity index (χ0v) is 16.1. The number of hydrogen-bond acceptors (Lipinski definition) is 4. The van der Waals surface area contributed by atoms with Gasteiger partial charge < -0.3 is 19.8 Å². The van der Waals surface area contributed by atoms with Crippen LogP contribution in [0, 0.1) is 0 Å². The lowest BCUT2D eigenvalue weighted by Gasteiger charge is -2.07. The molecule has 0 fully saturated rings. The van der Waals surface area contributed by atoms with Crippen LogP contribution in [0.15, 0.2) is 69.6 Å². The number of ether oxygens (including phenoxy) is 1. The van der Waals surface area contributed by atoms with Crippen molar-refractivity contribution < 1.29 is 18.7 Å². The van der Waals surface area contributed by atoms with Gasteiger partial charge in [-0.15, -0.1) is 0 Å². The molecule has 2 amide bonds. The van der Waals surface area contributed by atoms with Crippen LogP contribution in [0.3, 0.4) is 0 Å². The normalized spacial score (nSPS) is 10.3. The summed E-state index contributed by atoms with van der Waals surface area (Å²) in [6.45, 7) is 1.63. The highest BCUT2D eigenvalue weighted by Gasteiger charge is 2.12. The second kappa shape index (κ2) is 8.55. The fourth-order valence-electron chi connectivity index (χ4n) is 2.36. The molecule has 0 aliphatic carbocycles. The smallest absolute Gasteiger partial charge is 0.291 e. The molecular formula is C20H17BrN2O4. The molecule has 0 atom stereocenters. The summed E-state index contributed by atoms with van der Waals surface area (Å²) in [6, 6.07) is 17.6. The molecule has 1 heterocycles. The third-order valence-electron chi connectivity index (χ3n) is 3.50. The van der Waals surface area contributed by atoms with Crippen LogP contribution in [0.1, 0.15) is 23.2 Å². The Hall–Kier alpha value is -3.06. The average Bonchev–Trinajstić information content (AvgIpc) is 3.09. The van der Waals surface area contributed by atoms with E-state index in [1.165, 1.54) is 6.92 Å².